The summed E-state index contributed by atoms with van der Waals surface area (Å²) in [7, 11) is 0. The highest BCUT2D eigenvalue weighted by atomic mass is 16.5. The number of ether oxygens (including phenoxy) is 1. The third kappa shape index (κ3) is 2.06. The second-order valence-corrected chi connectivity index (χ2v) is 4.28. The van der Waals surface area contributed by atoms with Gasteiger partial charge < -0.3 is 20.7 Å². The molecule has 5 heteroatoms. The Kier molecular flexibility index (Phi) is 2.60. The van der Waals surface area contributed by atoms with Crippen molar-refractivity contribution >= 4 is 17.2 Å². The normalized spacial score (nSPS) is 19.3. The molecule has 0 saturated carbocycles. The minimum atomic E-state index is 0.538. The summed E-state index contributed by atoms with van der Waals surface area (Å²) in [6.07, 6.45) is 0. The van der Waals surface area contributed by atoms with Gasteiger partial charge in [-0.25, -0.2) is 4.99 Å². The van der Waals surface area contributed by atoms with Gasteiger partial charge in [0.15, 0.2) is 0 Å². The summed E-state index contributed by atoms with van der Waals surface area (Å²) >= 11 is 0. The molecule has 0 atom stereocenters. The van der Waals surface area contributed by atoms with Gasteiger partial charge in [-0.05, 0) is 12.1 Å². The summed E-state index contributed by atoms with van der Waals surface area (Å²) < 4.78 is 5.70. The van der Waals surface area contributed by atoms with E-state index in [1.807, 2.05) is 18.2 Å². The van der Waals surface area contributed by atoms with E-state index in [-0.39, 0.29) is 0 Å². The molecule has 1 saturated heterocycles. The molecule has 90 valence electrons. The van der Waals surface area contributed by atoms with E-state index < -0.39 is 0 Å². The second kappa shape index (κ2) is 4.25. The molecule has 0 radical (unpaired) electrons. The number of anilines is 1. The molecule has 0 bridgehead atoms. The second-order valence-electron chi connectivity index (χ2n) is 4.28. The first kappa shape index (κ1) is 10.4. The standard InChI is InChI=1S/C12H16N4O/c13-9-1-2-10-11(7-9)17-8-12(15-10)16-5-3-14-4-6-16/h1-2,7,14H,3-6,8,13H2. The minimum Gasteiger partial charge on any atom is -0.483 e. The highest BCUT2D eigenvalue weighted by Crippen LogP contribution is 2.32. The Morgan fingerprint density at radius 3 is 2.94 bits per heavy atom. The Bertz CT molecular complexity index is 452. The number of nitrogen functional groups attached to an aromatic ring is 1. The molecule has 3 rings (SSSR count). The smallest absolute Gasteiger partial charge is 0.147 e. The topological polar surface area (TPSA) is 62.9 Å². The maximum atomic E-state index is 5.71. The van der Waals surface area contributed by atoms with E-state index in [9.17, 15) is 0 Å². The minimum absolute atomic E-state index is 0.538. The predicted molar refractivity (Wildman–Crippen MR) is 67.9 cm³/mol. The van der Waals surface area contributed by atoms with Crippen molar-refractivity contribution in [2.24, 2.45) is 4.99 Å². The maximum absolute atomic E-state index is 5.71. The molecular weight excluding hydrogens is 216 g/mol. The zero-order valence-corrected chi connectivity index (χ0v) is 9.65. The summed E-state index contributed by atoms with van der Waals surface area (Å²) in [5.41, 5.74) is 7.30. The fraction of sp³-hybridized carbons (Fsp3) is 0.417. The Hall–Kier alpha value is -1.75. The van der Waals surface area contributed by atoms with Crippen molar-refractivity contribution < 1.29 is 4.74 Å². The molecule has 1 aromatic carbocycles. The Morgan fingerprint density at radius 1 is 1.29 bits per heavy atom. The van der Waals surface area contributed by atoms with Crippen molar-refractivity contribution in [1.82, 2.24) is 10.2 Å². The monoisotopic (exact) mass is 232 g/mol. The molecular formula is C12H16N4O. The van der Waals surface area contributed by atoms with Crippen molar-refractivity contribution in [3.63, 3.8) is 0 Å². The van der Waals surface area contributed by atoms with Crippen LogP contribution in [0.4, 0.5) is 11.4 Å². The van der Waals surface area contributed by atoms with E-state index in [4.69, 9.17) is 10.5 Å². The van der Waals surface area contributed by atoms with Crippen LogP contribution in [0.3, 0.4) is 0 Å². The van der Waals surface area contributed by atoms with E-state index >= 15 is 0 Å². The average molecular weight is 232 g/mol. The number of rotatable bonds is 0. The fourth-order valence-electron chi connectivity index (χ4n) is 2.14. The molecule has 0 amide bonds. The number of aliphatic imine (C=N–C) groups is 1. The van der Waals surface area contributed by atoms with Crippen LogP contribution in [0.1, 0.15) is 0 Å². The Balaban J connectivity index is 1.86. The summed E-state index contributed by atoms with van der Waals surface area (Å²) in [6, 6.07) is 5.59. The number of benzene rings is 1. The average Bonchev–Trinajstić information content (AvgIpc) is 2.39. The van der Waals surface area contributed by atoms with E-state index in [0.717, 1.165) is 43.5 Å². The first-order chi connectivity index (χ1) is 8.33. The number of fused-ring (bicyclic) bond motifs is 1. The van der Waals surface area contributed by atoms with Crippen molar-refractivity contribution in [2.45, 2.75) is 0 Å². The van der Waals surface area contributed by atoms with Crippen LogP contribution >= 0.6 is 0 Å². The van der Waals surface area contributed by atoms with E-state index in [2.05, 4.69) is 15.2 Å². The first-order valence-electron chi connectivity index (χ1n) is 5.88. The number of amidine groups is 1. The van der Waals surface area contributed by atoms with E-state index in [1.165, 1.54) is 0 Å². The number of hydrogen-bond donors (Lipinski definition) is 2. The Morgan fingerprint density at radius 2 is 2.12 bits per heavy atom. The van der Waals surface area contributed by atoms with Crippen LogP contribution in [0.2, 0.25) is 0 Å². The van der Waals surface area contributed by atoms with Crippen LogP contribution < -0.4 is 15.8 Å². The van der Waals surface area contributed by atoms with Crippen molar-refractivity contribution in [3.8, 4) is 5.75 Å². The molecule has 0 aliphatic carbocycles. The lowest BCUT2D eigenvalue weighted by Crippen LogP contribution is -2.48. The molecule has 2 aliphatic rings. The van der Waals surface area contributed by atoms with Crippen molar-refractivity contribution in [1.29, 1.82) is 0 Å². The lowest BCUT2D eigenvalue weighted by molar-refractivity contribution is 0.306. The predicted octanol–water partition coefficient (Wildman–Crippen LogP) is 0.596. The van der Waals surface area contributed by atoms with Gasteiger partial charge in [0.1, 0.15) is 23.9 Å². The van der Waals surface area contributed by atoms with Gasteiger partial charge in [-0.2, -0.15) is 0 Å². The molecule has 2 heterocycles. The zero-order valence-electron chi connectivity index (χ0n) is 9.65. The number of nitrogens with two attached hydrogens (primary N) is 1. The van der Waals surface area contributed by atoms with Crippen LogP contribution in [0, 0.1) is 0 Å². The number of nitrogens with zero attached hydrogens (tertiary/aromatic N) is 2. The highest BCUT2D eigenvalue weighted by Gasteiger charge is 2.19. The van der Waals surface area contributed by atoms with E-state index in [1.54, 1.807) is 0 Å². The zero-order chi connectivity index (χ0) is 11.7. The molecule has 2 aliphatic heterocycles. The quantitative estimate of drug-likeness (QED) is 0.643. The number of piperazine rings is 1. The largest absolute Gasteiger partial charge is 0.483 e. The summed E-state index contributed by atoms with van der Waals surface area (Å²) in [5.74, 6) is 1.80. The summed E-state index contributed by atoms with van der Waals surface area (Å²) in [6.45, 7) is 4.54. The van der Waals surface area contributed by atoms with Crippen molar-refractivity contribution in [2.75, 3.05) is 38.5 Å². The lowest BCUT2D eigenvalue weighted by atomic mass is 10.2. The maximum Gasteiger partial charge on any atom is 0.147 e. The van der Waals surface area contributed by atoms with Gasteiger partial charge in [-0.1, -0.05) is 0 Å². The van der Waals surface area contributed by atoms with Gasteiger partial charge in [-0.15, -0.1) is 0 Å². The molecule has 1 fully saturated rings. The van der Waals surface area contributed by atoms with Crippen LogP contribution in [0.15, 0.2) is 23.2 Å². The van der Waals surface area contributed by atoms with Crippen LogP contribution in [0.5, 0.6) is 5.75 Å². The van der Waals surface area contributed by atoms with Gasteiger partial charge in [0.2, 0.25) is 0 Å². The van der Waals surface area contributed by atoms with Gasteiger partial charge in [0.05, 0.1) is 0 Å². The van der Waals surface area contributed by atoms with Crippen molar-refractivity contribution in [3.05, 3.63) is 18.2 Å². The molecule has 1 aromatic rings. The highest BCUT2D eigenvalue weighted by molar-refractivity contribution is 5.89. The molecule has 0 spiro atoms. The molecule has 17 heavy (non-hydrogen) atoms. The molecule has 0 aromatic heterocycles. The van der Waals surface area contributed by atoms with Crippen LogP contribution in [0.25, 0.3) is 0 Å². The third-order valence-electron chi connectivity index (χ3n) is 3.07. The molecule has 0 unspecified atom stereocenters. The van der Waals surface area contributed by atoms with Gasteiger partial charge in [0, 0.05) is 37.9 Å². The lowest BCUT2D eigenvalue weighted by Gasteiger charge is -2.32. The fourth-order valence-corrected chi connectivity index (χ4v) is 2.14. The van der Waals surface area contributed by atoms with Gasteiger partial charge >= 0.3 is 0 Å². The summed E-state index contributed by atoms with van der Waals surface area (Å²) in [5, 5.41) is 3.33. The SMILES string of the molecule is Nc1ccc2c(c1)OCC(N1CCNCC1)=N2. The first-order valence-corrected chi connectivity index (χ1v) is 5.88. The number of nitrogens with one attached hydrogen (secondary N) is 1. The van der Waals surface area contributed by atoms with Crippen LogP contribution in [-0.2, 0) is 0 Å². The van der Waals surface area contributed by atoms with E-state index in [0.29, 0.717) is 12.3 Å². The van der Waals surface area contributed by atoms with Crippen LogP contribution in [-0.4, -0.2) is 43.5 Å². The summed E-state index contributed by atoms with van der Waals surface area (Å²) in [4.78, 5) is 6.92. The third-order valence-corrected chi connectivity index (χ3v) is 3.07. The Labute approximate surface area is 100 Å². The number of hydrogen-bond acceptors (Lipinski definition) is 5. The van der Waals surface area contributed by atoms with Gasteiger partial charge in [-0.3, -0.25) is 0 Å². The van der Waals surface area contributed by atoms with Gasteiger partial charge in [0.25, 0.3) is 0 Å². The molecule has 3 N–H and O–H groups in total. The molecule has 5 nitrogen and oxygen atoms in total.